The summed E-state index contributed by atoms with van der Waals surface area (Å²) in [4.78, 5) is 28.6. The molecule has 2 aliphatic heterocycles. The maximum absolute atomic E-state index is 13.3. The normalized spacial score (nSPS) is 18.9. The van der Waals surface area contributed by atoms with Crippen molar-refractivity contribution in [2.75, 3.05) is 18.0 Å². The van der Waals surface area contributed by atoms with Gasteiger partial charge in [-0.3, -0.25) is 19.7 Å². The van der Waals surface area contributed by atoms with Gasteiger partial charge in [0.05, 0.1) is 6.04 Å². The molecule has 6 heteroatoms. The number of benzene rings is 2. The summed E-state index contributed by atoms with van der Waals surface area (Å²) >= 11 is 0. The Kier molecular flexibility index (Phi) is 5.74. The second-order valence-electron chi connectivity index (χ2n) is 7.55. The lowest BCUT2D eigenvalue weighted by atomic mass is 10.1. The summed E-state index contributed by atoms with van der Waals surface area (Å²) in [5.41, 5.74) is 5.90. The molecule has 0 radical (unpaired) electrons. The van der Waals surface area contributed by atoms with E-state index in [1.165, 1.54) is 11.6 Å². The molecular weight excluding hydrogens is 366 g/mol. The van der Waals surface area contributed by atoms with E-state index in [2.05, 4.69) is 11.0 Å². The van der Waals surface area contributed by atoms with Crippen LogP contribution in [0.15, 0.2) is 54.6 Å². The Hall–Kier alpha value is -2.96. The van der Waals surface area contributed by atoms with Gasteiger partial charge in [-0.25, -0.2) is 5.48 Å². The number of nitrogens with zero attached hydrogens (tertiary/aromatic N) is 2. The van der Waals surface area contributed by atoms with Crippen LogP contribution in [-0.2, 0) is 22.6 Å². The van der Waals surface area contributed by atoms with Gasteiger partial charge in [-0.05, 0) is 54.6 Å². The van der Waals surface area contributed by atoms with E-state index in [9.17, 15) is 9.59 Å². The second kappa shape index (κ2) is 8.59. The first-order valence-corrected chi connectivity index (χ1v) is 10.00. The predicted molar refractivity (Wildman–Crippen MR) is 111 cm³/mol. The number of hydroxylamine groups is 1. The van der Waals surface area contributed by atoms with Crippen molar-refractivity contribution in [1.29, 1.82) is 0 Å². The summed E-state index contributed by atoms with van der Waals surface area (Å²) in [5, 5.41) is 8.53. The molecule has 1 atom stereocenters. The third-order valence-corrected chi connectivity index (χ3v) is 5.70. The molecule has 29 heavy (non-hydrogen) atoms. The number of para-hydroxylation sites is 1. The van der Waals surface area contributed by atoms with E-state index in [0.29, 0.717) is 0 Å². The van der Waals surface area contributed by atoms with Gasteiger partial charge in [-0.2, -0.15) is 0 Å². The molecule has 1 saturated heterocycles. The molecule has 150 valence electrons. The molecule has 0 spiro atoms. The highest BCUT2D eigenvalue weighted by molar-refractivity contribution is 5.99. The first-order chi connectivity index (χ1) is 14.2. The number of hydrogen-bond donors (Lipinski definition) is 2. The van der Waals surface area contributed by atoms with Crippen LogP contribution in [0.2, 0.25) is 0 Å². The van der Waals surface area contributed by atoms with Crippen LogP contribution in [0.5, 0.6) is 0 Å². The molecule has 2 amide bonds. The molecule has 6 nitrogen and oxygen atoms in total. The van der Waals surface area contributed by atoms with E-state index in [1.54, 1.807) is 11.6 Å². The van der Waals surface area contributed by atoms with Crippen molar-refractivity contribution < 1.29 is 14.8 Å². The van der Waals surface area contributed by atoms with E-state index in [0.717, 1.165) is 55.7 Å². The van der Waals surface area contributed by atoms with Gasteiger partial charge in [-0.1, -0.05) is 42.5 Å². The topological polar surface area (TPSA) is 72.9 Å². The van der Waals surface area contributed by atoms with Gasteiger partial charge in [0.25, 0.3) is 5.91 Å². The van der Waals surface area contributed by atoms with E-state index in [4.69, 9.17) is 5.21 Å². The molecule has 0 aliphatic carbocycles. The van der Waals surface area contributed by atoms with E-state index >= 15 is 0 Å². The first kappa shape index (κ1) is 19.4. The fourth-order valence-electron chi connectivity index (χ4n) is 4.22. The Morgan fingerprint density at radius 2 is 1.90 bits per heavy atom. The zero-order chi connectivity index (χ0) is 20.2. The SMILES string of the molecule is O=C(/C=C/c1ccc(CN2CCC[C@H]2C(=O)N2CCc3ccccc32)cc1)NO. The van der Waals surface area contributed by atoms with Crippen LogP contribution >= 0.6 is 0 Å². The molecule has 2 aliphatic rings. The van der Waals surface area contributed by atoms with Crippen molar-refractivity contribution in [1.82, 2.24) is 10.4 Å². The summed E-state index contributed by atoms with van der Waals surface area (Å²) in [6.45, 7) is 2.42. The zero-order valence-corrected chi connectivity index (χ0v) is 16.3. The fraction of sp³-hybridized carbons (Fsp3) is 0.304. The van der Waals surface area contributed by atoms with Gasteiger partial charge in [0, 0.05) is 24.9 Å². The summed E-state index contributed by atoms with van der Waals surface area (Å²) in [5.74, 6) is -0.349. The second-order valence-corrected chi connectivity index (χ2v) is 7.55. The monoisotopic (exact) mass is 391 g/mol. The number of rotatable bonds is 5. The van der Waals surface area contributed by atoms with Gasteiger partial charge in [0.2, 0.25) is 5.91 Å². The van der Waals surface area contributed by atoms with Crippen LogP contribution in [0.1, 0.15) is 29.5 Å². The Labute approximate surface area is 170 Å². The zero-order valence-electron chi connectivity index (χ0n) is 16.3. The molecular formula is C23H25N3O3. The van der Waals surface area contributed by atoms with Crippen molar-refractivity contribution in [3.8, 4) is 0 Å². The molecule has 2 aromatic carbocycles. The van der Waals surface area contributed by atoms with Crippen molar-refractivity contribution in [3.05, 3.63) is 71.3 Å². The predicted octanol–water partition coefficient (Wildman–Crippen LogP) is 2.76. The Balaban J connectivity index is 1.42. The average Bonchev–Trinajstić information content (AvgIpc) is 3.39. The maximum Gasteiger partial charge on any atom is 0.267 e. The fourth-order valence-corrected chi connectivity index (χ4v) is 4.22. The number of carbonyl (C=O) groups excluding carboxylic acids is 2. The third-order valence-electron chi connectivity index (χ3n) is 5.70. The van der Waals surface area contributed by atoms with Crippen LogP contribution in [-0.4, -0.2) is 41.1 Å². The number of amides is 2. The Morgan fingerprint density at radius 3 is 2.69 bits per heavy atom. The first-order valence-electron chi connectivity index (χ1n) is 10.00. The summed E-state index contributed by atoms with van der Waals surface area (Å²) in [6.07, 6.45) is 5.77. The van der Waals surface area contributed by atoms with E-state index in [-0.39, 0.29) is 11.9 Å². The Bertz CT molecular complexity index is 923. The van der Waals surface area contributed by atoms with Crippen LogP contribution in [0.4, 0.5) is 5.69 Å². The summed E-state index contributed by atoms with van der Waals surface area (Å²) in [6, 6.07) is 16.0. The number of fused-ring (bicyclic) bond motifs is 1. The lowest BCUT2D eigenvalue weighted by Gasteiger charge is -2.28. The highest BCUT2D eigenvalue weighted by Gasteiger charge is 2.36. The minimum absolute atomic E-state index is 0.0750. The van der Waals surface area contributed by atoms with Crippen molar-refractivity contribution >= 4 is 23.6 Å². The number of nitrogens with one attached hydrogen (secondary N) is 1. The van der Waals surface area contributed by atoms with Crippen LogP contribution in [0.25, 0.3) is 6.08 Å². The minimum Gasteiger partial charge on any atom is -0.310 e. The lowest BCUT2D eigenvalue weighted by Crippen LogP contribution is -2.45. The number of carbonyl (C=O) groups is 2. The molecule has 4 rings (SSSR count). The van der Waals surface area contributed by atoms with Gasteiger partial charge in [0.1, 0.15) is 0 Å². The van der Waals surface area contributed by atoms with Crippen molar-refractivity contribution in [2.45, 2.75) is 31.8 Å². The molecule has 0 saturated carbocycles. The molecule has 1 fully saturated rings. The lowest BCUT2D eigenvalue weighted by molar-refractivity contribution is -0.124. The van der Waals surface area contributed by atoms with Crippen LogP contribution in [0, 0.1) is 0 Å². The molecule has 2 heterocycles. The largest absolute Gasteiger partial charge is 0.310 e. The average molecular weight is 391 g/mol. The summed E-state index contributed by atoms with van der Waals surface area (Å²) in [7, 11) is 0. The highest BCUT2D eigenvalue weighted by Crippen LogP contribution is 2.31. The van der Waals surface area contributed by atoms with Gasteiger partial charge >= 0.3 is 0 Å². The van der Waals surface area contributed by atoms with Crippen molar-refractivity contribution in [3.63, 3.8) is 0 Å². The maximum atomic E-state index is 13.3. The molecule has 2 aromatic rings. The third kappa shape index (κ3) is 4.23. The number of hydrogen-bond acceptors (Lipinski definition) is 4. The van der Waals surface area contributed by atoms with Gasteiger partial charge in [0.15, 0.2) is 0 Å². The molecule has 0 aromatic heterocycles. The quantitative estimate of drug-likeness (QED) is 0.467. The summed E-state index contributed by atoms with van der Waals surface area (Å²) < 4.78 is 0. The van der Waals surface area contributed by atoms with Crippen LogP contribution < -0.4 is 10.4 Å². The molecule has 2 N–H and O–H groups in total. The number of anilines is 1. The van der Waals surface area contributed by atoms with E-state index < -0.39 is 5.91 Å². The Morgan fingerprint density at radius 1 is 1.10 bits per heavy atom. The standard InChI is InChI=1S/C23H25N3O3/c27-22(24-29)12-11-17-7-9-18(10-8-17)16-25-14-3-6-21(25)23(28)26-15-13-19-4-1-2-5-20(19)26/h1-2,4-5,7-12,21,29H,3,6,13-16H2,(H,24,27)/b12-11+/t21-/m0/s1. The highest BCUT2D eigenvalue weighted by atomic mass is 16.5. The van der Waals surface area contributed by atoms with Gasteiger partial charge in [-0.15, -0.1) is 0 Å². The van der Waals surface area contributed by atoms with Gasteiger partial charge < -0.3 is 4.90 Å². The van der Waals surface area contributed by atoms with Crippen molar-refractivity contribution in [2.24, 2.45) is 0 Å². The van der Waals surface area contributed by atoms with Crippen LogP contribution in [0.3, 0.4) is 0 Å². The van der Waals surface area contributed by atoms with E-state index in [1.807, 2.05) is 47.4 Å². The molecule has 0 unspecified atom stereocenters. The number of likely N-dealkylation sites (tertiary alicyclic amines) is 1. The minimum atomic E-state index is -0.559. The molecule has 0 bridgehead atoms. The smallest absolute Gasteiger partial charge is 0.267 e.